The van der Waals surface area contributed by atoms with E-state index >= 15 is 0 Å². The molecule has 0 saturated heterocycles. The average molecular weight is 380 g/mol. The molecule has 26 heavy (non-hydrogen) atoms. The number of hydrogen-bond acceptors (Lipinski definition) is 3. The van der Waals surface area contributed by atoms with Crippen LogP contribution in [0.3, 0.4) is 0 Å². The molecule has 0 spiro atoms. The van der Waals surface area contributed by atoms with Crippen LogP contribution in [0.15, 0.2) is 36.4 Å². The number of carbonyl (C=O) groups is 2. The first-order valence-electron chi connectivity index (χ1n) is 8.06. The van der Waals surface area contributed by atoms with E-state index in [1.165, 1.54) is 6.92 Å². The Morgan fingerprint density at radius 1 is 1.23 bits per heavy atom. The number of ether oxygens (including phenoxy) is 1. The number of anilines is 1. The summed E-state index contributed by atoms with van der Waals surface area (Å²) in [6.07, 6.45) is -0.405. The molecule has 1 heterocycles. The number of amides is 1. The van der Waals surface area contributed by atoms with E-state index in [4.69, 9.17) is 16.3 Å². The van der Waals surface area contributed by atoms with Gasteiger partial charge in [0.05, 0.1) is 10.6 Å². The zero-order chi connectivity index (χ0) is 19.0. The van der Waals surface area contributed by atoms with Gasteiger partial charge in [-0.2, -0.15) is 0 Å². The highest BCUT2D eigenvalue weighted by atomic mass is 35.5. The molecule has 0 aromatic heterocycles. The zero-order valence-electron chi connectivity index (χ0n) is 14.1. The number of esters is 1. The molecule has 7 heteroatoms. The van der Waals surface area contributed by atoms with Crippen LogP contribution >= 0.6 is 11.6 Å². The van der Waals surface area contributed by atoms with E-state index < -0.39 is 29.6 Å². The Morgan fingerprint density at radius 2 is 1.88 bits per heavy atom. The quantitative estimate of drug-likeness (QED) is 0.594. The van der Waals surface area contributed by atoms with E-state index in [1.54, 1.807) is 4.90 Å². The van der Waals surface area contributed by atoms with E-state index in [2.05, 4.69) is 0 Å². The normalized spacial score (nSPS) is 17.0. The van der Waals surface area contributed by atoms with Crippen LogP contribution in [0, 0.1) is 11.6 Å². The second-order valence-corrected chi connectivity index (χ2v) is 6.59. The molecule has 1 amide bonds. The first-order valence-corrected chi connectivity index (χ1v) is 8.44. The van der Waals surface area contributed by atoms with Gasteiger partial charge in [-0.3, -0.25) is 4.79 Å². The van der Waals surface area contributed by atoms with Gasteiger partial charge in [-0.15, -0.1) is 0 Å². The van der Waals surface area contributed by atoms with Gasteiger partial charge in [0.1, 0.15) is 0 Å². The summed E-state index contributed by atoms with van der Waals surface area (Å²) < 4.78 is 31.6. The largest absolute Gasteiger partial charge is 0.449 e. The van der Waals surface area contributed by atoms with Gasteiger partial charge >= 0.3 is 5.97 Å². The third-order valence-electron chi connectivity index (χ3n) is 4.31. The Labute approximate surface area is 154 Å². The van der Waals surface area contributed by atoms with Gasteiger partial charge in [0, 0.05) is 11.7 Å². The maximum atomic E-state index is 13.4. The van der Waals surface area contributed by atoms with E-state index in [-0.39, 0.29) is 16.6 Å². The Balaban J connectivity index is 1.78. The molecule has 1 aliphatic rings. The summed E-state index contributed by atoms with van der Waals surface area (Å²) in [6.45, 7) is 3.33. The lowest BCUT2D eigenvalue weighted by molar-refractivity contribution is -0.126. The average Bonchev–Trinajstić information content (AvgIpc) is 2.92. The van der Waals surface area contributed by atoms with Crippen molar-refractivity contribution < 1.29 is 23.1 Å². The molecule has 0 unspecified atom stereocenters. The maximum absolute atomic E-state index is 13.4. The minimum Gasteiger partial charge on any atom is -0.449 e. The highest BCUT2D eigenvalue weighted by molar-refractivity contribution is 6.33. The van der Waals surface area contributed by atoms with Gasteiger partial charge in [-0.1, -0.05) is 29.8 Å². The van der Waals surface area contributed by atoms with E-state index in [0.29, 0.717) is 18.6 Å². The van der Waals surface area contributed by atoms with Crippen LogP contribution in [0.25, 0.3) is 0 Å². The molecule has 0 aliphatic carbocycles. The topological polar surface area (TPSA) is 46.6 Å². The monoisotopic (exact) mass is 379 g/mol. The summed E-state index contributed by atoms with van der Waals surface area (Å²) in [6, 6.07) is 8.77. The van der Waals surface area contributed by atoms with Gasteiger partial charge in [0.2, 0.25) is 0 Å². The number of para-hydroxylation sites is 1. The predicted octanol–water partition coefficient (Wildman–Crippen LogP) is 4.14. The fraction of sp³-hybridized carbons (Fsp3) is 0.263. The van der Waals surface area contributed by atoms with Crippen molar-refractivity contribution in [3.8, 4) is 0 Å². The Morgan fingerprint density at radius 3 is 2.62 bits per heavy atom. The van der Waals surface area contributed by atoms with Crippen LogP contribution in [-0.2, 0) is 16.0 Å². The molecule has 2 aromatic rings. The molecule has 0 fully saturated rings. The number of halogens is 3. The lowest BCUT2D eigenvalue weighted by Crippen LogP contribution is -2.43. The molecular weight excluding hydrogens is 364 g/mol. The standard InChI is InChI=1S/C19H16ClF2NO3/c1-10-7-12-5-3-4-6-17(12)23(10)18(24)11(2)26-19(25)13-8-15(21)16(22)9-14(13)20/h3-6,8-11H,7H2,1-2H3/t10-,11-/m1/s1. The third-order valence-corrected chi connectivity index (χ3v) is 4.62. The van der Waals surface area contributed by atoms with Gasteiger partial charge in [0.15, 0.2) is 17.7 Å². The van der Waals surface area contributed by atoms with Crippen LogP contribution in [0.4, 0.5) is 14.5 Å². The molecule has 0 saturated carbocycles. The molecule has 3 rings (SSSR count). The van der Waals surface area contributed by atoms with Crippen molar-refractivity contribution >= 4 is 29.2 Å². The number of benzene rings is 2. The summed E-state index contributed by atoms with van der Waals surface area (Å²) in [5, 5.41) is -0.284. The summed E-state index contributed by atoms with van der Waals surface area (Å²) >= 11 is 5.77. The SMILES string of the molecule is C[C@@H]1Cc2ccccc2N1C(=O)[C@@H](C)OC(=O)c1cc(F)c(F)cc1Cl. The first-order chi connectivity index (χ1) is 12.3. The molecule has 0 N–H and O–H groups in total. The molecule has 2 aromatic carbocycles. The summed E-state index contributed by atoms with van der Waals surface area (Å²) in [4.78, 5) is 26.6. The number of rotatable bonds is 3. The summed E-state index contributed by atoms with van der Waals surface area (Å²) in [5.41, 5.74) is 1.48. The number of hydrogen-bond donors (Lipinski definition) is 0. The van der Waals surface area contributed by atoms with Crippen molar-refractivity contribution in [2.24, 2.45) is 0 Å². The maximum Gasteiger partial charge on any atom is 0.340 e. The number of nitrogens with zero attached hydrogens (tertiary/aromatic N) is 1. The van der Waals surface area contributed by atoms with Crippen molar-refractivity contribution in [2.75, 3.05) is 4.90 Å². The highest BCUT2D eigenvalue weighted by Crippen LogP contribution is 2.32. The minimum absolute atomic E-state index is 0.0760. The van der Waals surface area contributed by atoms with E-state index in [0.717, 1.165) is 11.3 Å². The van der Waals surface area contributed by atoms with Crippen LogP contribution < -0.4 is 4.90 Å². The second-order valence-electron chi connectivity index (χ2n) is 6.18. The van der Waals surface area contributed by atoms with Gasteiger partial charge in [-0.05, 0) is 44.0 Å². The highest BCUT2D eigenvalue weighted by Gasteiger charge is 2.34. The third kappa shape index (κ3) is 3.29. The molecule has 0 bridgehead atoms. The Kier molecular flexibility index (Phi) is 4.96. The minimum atomic E-state index is -1.22. The van der Waals surface area contributed by atoms with Gasteiger partial charge < -0.3 is 9.64 Å². The van der Waals surface area contributed by atoms with Crippen molar-refractivity contribution in [3.05, 3.63) is 64.2 Å². The lowest BCUT2D eigenvalue weighted by atomic mass is 10.1. The molecule has 4 nitrogen and oxygen atoms in total. The van der Waals surface area contributed by atoms with Gasteiger partial charge in [-0.25, -0.2) is 13.6 Å². The van der Waals surface area contributed by atoms with Crippen LogP contribution in [0.1, 0.15) is 29.8 Å². The zero-order valence-corrected chi connectivity index (χ0v) is 14.9. The second kappa shape index (κ2) is 7.03. The van der Waals surface area contributed by atoms with E-state index in [1.807, 2.05) is 31.2 Å². The van der Waals surface area contributed by atoms with Crippen molar-refractivity contribution in [1.29, 1.82) is 0 Å². The van der Waals surface area contributed by atoms with Crippen molar-refractivity contribution in [1.82, 2.24) is 0 Å². The predicted molar refractivity (Wildman–Crippen MR) is 93.3 cm³/mol. The molecule has 0 radical (unpaired) electrons. The Bertz CT molecular complexity index is 887. The number of carbonyl (C=O) groups excluding carboxylic acids is 2. The fourth-order valence-corrected chi connectivity index (χ4v) is 3.28. The van der Waals surface area contributed by atoms with Crippen molar-refractivity contribution in [2.45, 2.75) is 32.4 Å². The van der Waals surface area contributed by atoms with Crippen LogP contribution in [0.5, 0.6) is 0 Å². The molecular formula is C19H16ClF2NO3. The lowest BCUT2D eigenvalue weighted by Gasteiger charge is -2.26. The van der Waals surface area contributed by atoms with Crippen LogP contribution in [0.2, 0.25) is 5.02 Å². The molecule has 136 valence electrons. The van der Waals surface area contributed by atoms with Crippen LogP contribution in [-0.4, -0.2) is 24.0 Å². The fourth-order valence-electron chi connectivity index (χ4n) is 3.05. The summed E-state index contributed by atoms with van der Waals surface area (Å²) in [7, 11) is 0. The molecule has 1 aliphatic heterocycles. The van der Waals surface area contributed by atoms with Gasteiger partial charge in [0.25, 0.3) is 5.91 Å². The molecule has 2 atom stereocenters. The van der Waals surface area contributed by atoms with E-state index in [9.17, 15) is 18.4 Å². The summed E-state index contributed by atoms with van der Waals surface area (Å²) in [5.74, 6) is -3.77. The first kappa shape index (κ1) is 18.3. The smallest absolute Gasteiger partial charge is 0.340 e. The Hall–Kier alpha value is -2.47. The van der Waals surface area contributed by atoms with Crippen molar-refractivity contribution in [3.63, 3.8) is 0 Å². The number of fused-ring (bicyclic) bond motifs is 1.